The van der Waals surface area contributed by atoms with Gasteiger partial charge >= 0.3 is 6.03 Å². The highest BCUT2D eigenvalue weighted by molar-refractivity contribution is 7.97. The summed E-state index contributed by atoms with van der Waals surface area (Å²) in [5.74, 6) is 0.0174. The summed E-state index contributed by atoms with van der Waals surface area (Å²) in [6.07, 6.45) is 0. The first-order valence-electron chi connectivity index (χ1n) is 7.27. The number of carbonyl (C=O) groups is 2. The Kier molecular flexibility index (Phi) is 4.36. The lowest BCUT2D eigenvalue weighted by Gasteiger charge is -2.19. The van der Waals surface area contributed by atoms with Gasteiger partial charge in [0.1, 0.15) is 0 Å². The highest BCUT2D eigenvalue weighted by Gasteiger charge is 2.30. The Hall–Kier alpha value is -2.31. The van der Waals surface area contributed by atoms with Crippen LogP contribution in [0.2, 0.25) is 0 Å². The van der Waals surface area contributed by atoms with Crippen LogP contribution in [0.3, 0.4) is 0 Å². The average Bonchev–Trinajstić information content (AvgIpc) is 2.96. The van der Waals surface area contributed by atoms with Crippen molar-refractivity contribution >= 4 is 35.1 Å². The number of anilines is 2. The minimum Gasteiger partial charge on any atom is -0.295 e. The molecule has 2 amide bonds. The number of carbonyl (C=O) groups excluding carboxylic acids is 2. The van der Waals surface area contributed by atoms with Crippen molar-refractivity contribution in [2.24, 2.45) is 5.14 Å². The number of nitrogens with zero attached hydrogens (tertiary/aromatic N) is 2. The fourth-order valence-electron chi connectivity index (χ4n) is 2.60. The van der Waals surface area contributed by atoms with Crippen LogP contribution in [-0.2, 0) is 0 Å². The van der Waals surface area contributed by atoms with Crippen LogP contribution in [0.5, 0.6) is 0 Å². The molecular weight excluding hydrogens is 310 g/mol. The van der Waals surface area contributed by atoms with E-state index in [0.29, 0.717) is 18.7 Å². The molecule has 1 aliphatic rings. The van der Waals surface area contributed by atoms with Gasteiger partial charge in [0.25, 0.3) is 0 Å². The van der Waals surface area contributed by atoms with Crippen molar-refractivity contribution < 1.29 is 9.59 Å². The molecule has 23 heavy (non-hydrogen) atoms. The number of hydrogen-bond acceptors (Lipinski definition) is 4. The number of hydrogen-bond donors (Lipinski definition) is 1. The number of Topliss-reactive ketones (excluding diaryl/α,β-unsaturated/α-hetero) is 1. The van der Waals surface area contributed by atoms with Crippen LogP contribution in [0.15, 0.2) is 53.4 Å². The summed E-state index contributed by atoms with van der Waals surface area (Å²) in [6.45, 7) is 2.77. The molecule has 118 valence electrons. The van der Waals surface area contributed by atoms with Gasteiger partial charge in [-0.25, -0.2) is 4.79 Å². The van der Waals surface area contributed by atoms with Crippen LogP contribution in [0.25, 0.3) is 0 Å². The van der Waals surface area contributed by atoms with E-state index >= 15 is 0 Å². The molecule has 2 N–H and O–H groups in total. The largest absolute Gasteiger partial charge is 0.329 e. The Morgan fingerprint density at radius 2 is 1.43 bits per heavy atom. The SMILES string of the molecule is CC(=O)c1ccc(N2CCN(c3ccc(SN)cc3)C2=O)cc1. The monoisotopic (exact) mass is 327 g/mol. The summed E-state index contributed by atoms with van der Waals surface area (Å²) in [4.78, 5) is 28.4. The molecule has 0 saturated carbocycles. The van der Waals surface area contributed by atoms with Gasteiger partial charge in [-0.2, -0.15) is 0 Å². The lowest BCUT2D eigenvalue weighted by atomic mass is 10.1. The summed E-state index contributed by atoms with van der Waals surface area (Å²) < 4.78 is 0. The van der Waals surface area contributed by atoms with E-state index in [9.17, 15) is 9.59 Å². The maximum atomic E-state index is 12.6. The second kappa shape index (κ2) is 6.44. The third-order valence-electron chi connectivity index (χ3n) is 3.88. The van der Waals surface area contributed by atoms with Crippen molar-refractivity contribution in [1.82, 2.24) is 0 Å². The normalized spacial score (nSPS) is 14.4. The number of rotatable bonds is 4. The molecule has 0 aliphatic carbocycles. The quantitative estimate of drug-likeness (QED) is 0.691. The smallest absolute Gasteiger partial charge is 0.295 e. The molecule has 3 rings (SSSR count). The predicted octanol–water partition coefficient (Wildman–Crippen LogP) is 3.30. The average molecular weight is 327 g/mol. The van der Waals surface area contributed by atoms with Crippen LogP contribution < -0.4 is 14.9 Å². The van der Waals surface area contributed by atoms with E-state index in [1.807, 2.05) is 36.4 Å². The number of benzene rings is 2. The standard InChI is InChI=1S/C17H17N3O2S/c1-12(21)13-2-4-14(5-3-13)19-10-11-20(17(19)22)15-6-8-16(23-18)9-7-15/h2-9H,10-11,18H2,1H3. The van der Waals surface area contributed by atoms with Gasteiger partial charge in [0.05, 0.1) is 0 Å². The van der Waals surface area contributed by atoms with Crippen LogP contribution >= 0.6 is 11.9 Å². The van der Waals surface area contributed by atoms with Crippen molar-refractivity contribution in [3.63, 3.8) is 0 Å². The molecule has 0 bridgehead atoms. The summed E-state index contributed by atoms with van der Waals surface area (Å²) in [5, 5.41) is 5.52. The van der Waals surface area contributed by atoms with E-state index < -0.39 is 0 Å². The van der Waals surface area contributed by atoms with Gasteiger partial charge in [-0.05, 0) is 67.4 Å². The zero-order chi connectivity index (χ0) is 16.4. The van der Waals surface area contributed by atoms with E-state index in [1.165, 1.54) is 18.9 Å². The Balaban J connectivity index is 1.79. The third-order valence-corrected chi connectivity index (χ3v) is 4.42. The predicted molar refractivity (Wildman–Crippen MR) is 93.0 cm³/mol. The van der Waals surface area contributed by atoms with Crippen LogP contribution in [0.1, 0.15) is 17.3 Å². The van der Waals surface area contributed by atoms with E-state index in [2.05, 4.69) is 0 Å². The lowest BCUT2D eigenvalue weighted by molar-refractivity contribution is 0.101. The lowest BCUT2D eigenvalue weighted by Crippen LogP contribution is -2.31. The van der Waals surface area contributed by atoms with Gasteiger partial charge in [-0.1, -0.05) is 0 Å². The molecule has 2 aromatic rings. The molecule has 1 heterocycles. The highest BCUT2D eigenvalue weighted by atomic mass is 32.2. The Bertz CT molecular complexity index is 729. The molecule has 5 nitrogen and oxygen atoms in total. The second-order valence-corrected chi connectivity index (χ2v) is 6.01. The van der Waals surface area contributed by atoms with Crippen molar-refractivity contribution in [3.8, 4) is 0 Å². The van der Waals surface area contributed by atoms with Crippen molar-refractivity contribution in [2.45, 2.75) is 11.8 Å². The number of nitrogens with two attached hydrogens (primary N) is 1. The summed E-state index contributed by atoms with van der Waals surface area (Å²) in [6, 6.07) is 14.7. The molecular formula is C17H17N3O2S. The second-order valence-electron chi connectivity index (χ2n) is 5.30. The Morgan fingerprint density at radius 1 is 0.957 bits per heavy atom. The van der Waals surface area contributed by atoms with Crippen LogP contribution in [0, 0.1) is 0 Å². The Morgan fingerprint density at radius 3 is 1.87 bits per heavy atom. The fourth-order valence-corrected chi connectivity index (χ4v) is 2.89. The first-order valence-corrected chi connectivity index (χ1v) is 8.15. The van der Waals surface area contributed by atoms with Gasteiger partial charge < -0.3 is 0 Å². The van der Waals surface area contributed by atoms with Crippen LogP contribution in [-0.4, -0.2) is 24.9 Å². The third kappa shape index (κ3) is 3.09. The fraction of sp³-hybridized carbons (Fsp3) is 0.176. The molecule has 0 atom stereocenters. The maximum absolute atomic E-state index is 12.6. The summed E-state index contributed by atoms with van der Waals surface area (Å²) >= 11 is 1.18. The van der Waals surface area contributed by atoms with E-state index in [4.69, 9.17) is 5.14 Å². The highest BCUT2D eigenvalue weighted by Crippen LogP contribution is 2.26. The molecule has 1 saturated heterocycles. The Labute approximate surface area is 139 Å². The number of urea groups is 1. The molecule has 0 radical (unpaired) electrons. The molecule has 1 fully saturated rings. The van der Waals surface area contributed by atoms with Crippen molar-refractivity contribution in [1.29, 1.82) is 0 Å². The van der Waals surface area contributed by atoms with Crippen molar-refractivity contribution in [3.05, 3.63) is 54.1 Å². The molecule has 0 unspecified atom stereocenters. The van der Waals surface area contributed by atoms with Gasteiger partial charge in [0.2, 0.25) is 0 Å². The van der Waals surface area contributed by atoms with Gasteiger partial charge in [-0.3, -0.25) is 19.7 Å². The number of ketones is 1. The molecule has 0 aromatic heterocycles. The van der Waals surface area contributed by atoms with E-state index in [-0.39, 0.29) is 11.8 Å². The first-order chi connectivity index (χ1) is 11.1. The molecule has 2 aromatic carbocycles. The van der Waals surface area contributed by atoms with Crippen molar-refractivity contribution in [2.75, 3.05) is 22.9 Å². The molecule has 1 aliphatic heterocycles. The summed E-state index contributed by atoms with van der Waals surface area (Å²) in [7, 11) is 0. The van der Waals surface area contributed by atoms with Gasteiger partial charge in [-0.15, -0.1) is 0 Å². The maximum Gasteiger partial charge on any atom is 0.329 e. The molecule has 6 heteroatoms. The topological polar surface area (TPSA) is 66.6 Å². The number of amides is 2. The zero-order valence-corrected chi connectivity index (χ0v) is 13.5. The van der Waals surface area contributed by atoms with Gasteiger partial charge in [0.15, 0.2) is 5.78 Å². The first kappa shape index (κ1) is 15.6. The van der Waals surface area contributed by atoms with Crippen LogP contribution in [0.4, 0.5) is 16.2 Å². The zero-order valence-electron chi connectivity index (χ0n) is 12.7. The molecule has 0 spiro atoms. The minimum absolute atomic E-state index is 0.0174. The summed E-state index contributed by atoms with van der Waals surface area (Å²) in [5.41, 5.74) is 2.31. The van der Waals surface area contributed by atoms with Gasteiger partial charge in [0, 0.05) is 34.9 Å². The van der Waals surface area contributed by atoms with E-state index in [1.54, 1.807) is 21.9 Å². The minimum atomic E-state index is -0.0614. The van der Waals surface area contributed by atoms with E-state index in [0.717, 1.165) is 16.3 Å².